The van der Waals surface area contributed by atoms with Gasteiger partial charge in [0.25, 0.3) is 0 Å². The first kappa shape index (κ1) is 15.5. The lowest BCUT2D eigenvalue weighted by atomic mass is 9.64. The van der Waals surface area contributed by atoms with Crippen molar-refractivity contribution in [1.29, 1.82) is 0 Å². The summed E-state index contributed by atoms with van der Waals surface area (Å²) >= 11 is 0. The first-order valence-corrected chi connectivity index (χ1v) is 7.24. The number of hydrogen-bond donors (Lipinski definition) is 0. The van der Waals surface area contributed by atoms with Gasteiger partial charge in [-0.05, 0) is 13.0 Å². The fraction of sp³-hybridized carbons (Fsp3) is 0.235. The SMILES string of the molecule is [B]C1([B])C=Cc2c(OC)c(C(=O)OCC)c3ccccc3c2O1. The van der Waals surface area contributed by atoms with Crippen LogP contribution in [0.3, 0.4) is 0 Å². The molecule has 1 aliphatic rings. The smallest absolute Gasteiger partial charge is 0.342 e. The van der Waals surface area contributed by atoms with Crippen molar-refractivity contribution < 1.29 is 19.0 Å². The van der Waals surface area contributed by atoms with Crippen molar-refractivity contribution in [3.63, 3.8) is 0 Å². The van der Waals surface area contributed by atoms with Crippen molar-refractivity contribution in [1.82, 2.24) is 0 Å². The summed E-state index contributed by atoms with van der Waals surface area (Å²) in [6, 6.07) is 7.32. The minimum absolute atomic E-state index is 0.272. The second-order valence-electron chi connectivity index (χ2n) is 5.21. The standard InChI is InChI=1S/C17H14B2O4/c1-3-22-16(20)13-10-6-4-5-7-11(10)14-12(15(13)21-2)8-9-17(18,19)23-14/h4-9H,3H2,1-2H3. The number of methoxy groups -OCH3 is 1. The van der Waals surface area contributed by atoms with Gasteiger partial charge in [-0.25, -0.2) is 4.79 Å². The van der Waals surface area contributed by atoms with Crippen molar-refractivity contribution >= 4 is 38.5 Å². The van der Waals surface area contributed by atoms with E-state index in [4.69, 9.17) is 29.9 Å². The van der Waals surface area contributed by atoms with Gasteiger partial charge in [-0.1, -0.05) is 30.3 Å². The number of carbonyl (C=O) groups excluding carboxylic acids is 1. The average Bonchev–Trinajstić information content (AvgIpc) is 2.53. The topological polar surface area (TPSA) is 44.8 Å². The Morgan fingerprint density at radius 1 is 1.26 bits per heavy atom. The third-order valence-corrected chi connectivity index (χ3v) is 3.63. The van der Waals surface area contributed by atoms with E-state index >= 15 is 0 Å². The Kier molecular flexibility index (Phi) is 3.84. The molecule has 0 aliphatic carbocycles. The van der Waals surface area contributed by atoms with E-state index in [0.29, 0.717) is 28.0 Å². The Labute approximate surface area is 137 Å². The van der Waals surface area contributed by atoms with E-state index in [0.717, 1.165) is 5.39 Å². The van der Waals surface area contributed by atoms with Crippen molar-refractivity contribution in [3.05, 3.63) is 41.5 Å². The number of carbonyl (C=O) groups is 1. The largest absolute Gasteiger partial charge is 0.502 e. The predicted molar refractivity (Wildman–Crippen MR) is 90.4 cm³/mol. The highest BCUT2D eigenvalue weighted by molar-refractivity contribution is 6.41. The molecule has 0 N–H and O–H groups in total. The molecule has 3 rings (SSSR count). The second kappa shape index (κ2) is 5.69. The van der Waals surface area contributed by atoms with Gasteiger partial charge in [-0.15, -0.1) is 0 Å². The number of benzene rings is 2. The Morgan fingerprint density at radius 3 is 2.61 bits per heavy atom. The van der Waals surface area contributed by atoms with E-state index in [-0.39, 0.29) is 6.61 Å². The van der Waals surface area contributed by atoms with E-state index < -0.39 is 11.4 Å². The maximum Gasteiger partial charge on any atom is 0.342 e. The van der Waals surface area contributed by atoms with Crippen LogP contribution in [0.2, 0.25) is 0 Å². The van der Waals surface area contributed by atoms with Gasteiger partial charge in [-0.2, -0.15) is 0 Å². The molecule has 0 atom stereocenters. The van der Waals surface area contributed by atoms with Crippen molar-refractivity contribution in [2.24, 2.45) is 0 Å². The molecule has 0 aromatic heterocycles. The van der Waals surface area contributed by atoms with Crippen molar-refractivity contribution in [2.75, 3.05) is 13.7 Å². The molecule has 6 heteroatoms. The van der Waals surface area contributed by atoms with Gasteiger partial charge in [0, 0.05) is 16.2 Å². The molecule has 2 aromatic rings. The Bertz CT molecular complexity index is 812. The molecule has 0 spiro atoms. The molecule has 0 unspecified atom stereocenters. The van der Waals surface area contributed by atoms with Gasteiger partial charge in [0.15, 0.2) is 0 Å². The number of ether oxygens (including phenoxy) is 3. The van der Waals surface area contributed by atoms with E-state index in [1.54, 1.807) is 19.1 Å². The summed E-state index contributed by atoms with van der Waals surface area (Å²) in [7, 11) is 13.2. The van der Waals surface area contributed by atoms with E-state index in [9.17, 15) is 4.79 Å². The van der Waals surface area contributed by atoms with Crippen LogP contribution in [0.15, 0.2) is 30.3 Å². The molecular weight excluding hydrogens is 290 g/mol. The van der Waals surface area contributed by atoms with Crippen molar-refractivity contribution in [2.45, 2.75) is 12.3 Å². The van der Waals surface area contributed by atoms with E-state index in [1.807, 2.05) is 18.2 Å². The first-order chi connectivity index (χ1) is 11.0. The maximum atomic E-state index is 12.4. The molecule has 1 aliphatic heterocycles. The molecule has 1 heterocycles. The third kappa shape index (κ3) is 2.58. The van der Waals surface area contributed by atoms with Crippen LogP contribution in [0.4, 0.5) is 0 Å². The van der Waals surface area contributed by atoms with Crippen LogP contribution in [0.1, 0.15) is 22.8 Å². The minimum Gasteiger partial charge on any atom is -0.502 e. The van der Waals surface area contributed by atoms with Crippen LogP contribution in [-0.4, -0.2) is 40.8 Å². The normalized spacial score (nSPS) is 14.9. The van der Waals surface area contributed by atoms with Gasteiger partial charge < -0.3 is 14.2 Å². The number of hydrogen-bond acceptors (Lipinski definition) is 4. The third-order valence-electron chi connectivity index (χ3n) is 3.63. The predicted octanol–water partition coefficient (Wildman–Crippen LogP) is 2.42. The zero-order chi connectivity index (χ0) is 16.6. The summed E-state index contributed by atoms with van der Waals surface area (Å²) in [6.07, 6.45) is 3.22. The zero-order valence-corrected chi connectivity index (χ0v) is 13.0. The van der Waals surface area contributed by atoms with Crippen LogP contribution >= 0.6 is 0 Å². The number of rotatable bonds is 3. The Balaban J connectivity index is 2.39. The van der Waals surface area contributed by atoms with Gasteiger partial charge in [0.05, 0.1) is 19.3 Å². The monoisotopic (exact) mass is 304 g/mol. The fourth-order valence-corrected chi connectivity index (χ4v) is 2.71. The molecule has 4 radical (unpaired) electrons. The van der Waals surface area contributed by atoms with Gasteiger partial charge >= 0.3 is 5.97 Å². The van der Waals surface area contributed by atoms with Crippen LogP contribution in [0, 0.1) is 0 Å². The summed E-state index contributed by atoms with van der Waals surface area (Å²) in [5, 5.41) is -0.0321. The van der Waals surface area contributed by atoms with Gasteiger partial charge in [0.2, 0.25) is 0 Å². The first-order valence-electron chi connectivity index (χ1n) is 7.24. The Morgan fingerprint density at radius 2 is 1.96 bits per heavy atom. The zero-order valence-electron chi connectivity index (χ0n) is 13.0. The molecule has 0 saturated carbocycles. The van der Waals surface area contributed by atoms with E-state index in [1.165, 1.54) is 13.2 Å². The highest BCUT2D eigenvalue weighted by atomic mass is 16.5. The molecule has 0 saturated heterocycles. The molecule has 0 fully saturated rings. The fourth-order valence-electron chi connectivity index (χ4n) is 2.71. The van der Waals surface area contributed by atoms with Gasteiger partial charge in [-0.3, -0.25) is 0 Å². The quantitative estimate of drug-likeness (QED) is 0.645. The lowest BCUT2D eigenvalue weighted by Crippen LogP contribution is -2.36. The summed E-state index contributed by atoms with van der Waals surface area (Å²) in [5.41, 5.74) is 0.972. The van der Waals surface area contributed by atoms with Crippen LogP contribution in [0.25, 0.3) is 16.8 Å². The maximum absolute atomic E-state index is 12.4. The van der Waals surface area contributed by atoms with Crippen molar-refractivity contribution in [3.8, 4) is 11.5 Å². The summed E-state index contributed by atoms with van der Waals surface area (Å²) in [6.45, 7) is 2.03. The second-order valence-corrected chi connectivity index (χ2v) is 5.21. The summed E-state index contributed by atoms with van der Waals surface area (Å²) in [5.74, 6) is 0.413. The lowest BCUT2D eigenvalue weighted by Gasteiger charge is -2.31. The highest BCUT2D eigenvalue weighted by Crippen LogP contribution is 2.44. The van der Waals surface area contributed by atoms with Crippen LogP contribution in [0.5, 0.6) is 11.5 Å². The van der Waals surface area contributed by atoms with Crippen LogP contribution in [-0.2, 0) is 4.74 Å². The molecular formula is C17H14B2O4. The van der Waals surface area contributed by atoms with Gasteiger partial charge in [0.1, 0.15) is 32.8 Å². The minimum atomic E-state index is -1.41. The molecule has 0 bridgehead atoms. The molecule has 112 valence electrons. The number of esters is 1. The summed E-state index contributed by atoms with van der Waals surface area (Å²) in [4.78, 5) is 12.4. The molecule has 2 aromatic carbocycles. The summed E-state index contributed by atoms with van der Waals surface area (Å²) < 4.78 is 16.4. The molecule has 0 amide bonds. The van der Waals surface area contributed by atoms with Crippen LogP contribution < -0.4 is 9.47 Å². The average molecular weight is 304 g/mol. The highest BCUT2D eigenvalue weighted by Gasteiger charge is 2.30. The number of fused-ring (bicyclic) bond motifs is 3. The lowest BCUT2D eigenvalue weighted by molar-refractivity contribution is 0.0525. The molecule has 23 heavy (non-hydrogen) atoms. The molecule has 4 nitrogen and oxygen atoms in total. The van der Waals surface area contributed by atoms with E-state index in [2.05, 4.69) is 0 Å². The Hall–Kier alpha value is -2.36.